The Morgan fingerprint density at radius 2 is 1.50 bits per heavy atom. The Morgan fingerprint density at radius 3 is 2.44 bits per heavy atom. The zero-order valence-corrected chi connectivity index (χ0v) is 9.68. The maximum absolute atomic E-state index is 11.7. The molecular weight excluding hydrogens is 220 g/mol. The third-order valence-corrected chi connectivity index (χ3v) is 3.63. The highest BCUT2D eigenvalue weighted by Crippen LogP contribution is 2.32. The van der Waals surface area contributed by atoms with E-state index in [9.17, 15) is 4.79 Å². The van der Waals surface area contributed by atoms with Crippen LogP contribution in [-0.2, 0) is 0 Å². The molecule has 0 aromatic heterocycles. The third kappa shape index (κ3) is 1.13. The number of ketones is 1. The van der Waals surface area contributed by atoms with E-state index in [2.05, 4.69) is 36.4 Å². The van der Waals surface area contributed by atoms with Crippen molar-refractivity contribution in [3.05, 3.63) is 65.7 Å². The van der Waals surface area contributed by atoms with Crippen LogP contribution >= 0.6 is 0 Å². The number of rotatable bonds is 0. The predicted octanol–water partition coefficient (Wildman–Crippen LogP) is 4.20. The van der Waals surface area contributed by atoms with Crippen molar-refractivity contribution in [2.45, 2.75) is 0 Å². The van der Waals surface area contributed by atoms with Gasteiger partial charge in [0.25, 0.3) is 0 Å². The van der Waals surface area contributed by atoms with E-state index in [-0.39, 0.29) is 5.78 Å². The minimum absolute atomic E-state index is 0.111. The van der Waals surface area contributed by atoms with E-state index >= 15 is 0 Å². The molecule has 3 aromatic rings. The number of hydrogen-bond donors (Lipinski definition) is 0. The molecule has 0 unspecified atom stereocenters. The molecule has 0 bridgehead atoms. The van der Waals surface area contributed by atoms with Crippen LogP contribution in [-0.4, -0.2) is 5.78 Å². The molecule has 3 aromatic carbocycles. The Hall–Kier alpha value is -2.41. The summed E-state index contributed by atoms with van der Waals surface area (Å²) in [4.78, 5) is 11.7. The molecule has 0 radical (unpaired) electrons. The van der Waals surface area contributed by atoms with E-state index < -0.39 is 0 Å². The standard InChI is InChI=1S/C17H10O/c18-17-10-9-15-14-6-5-11-3-1-2-4-12(11)13(14)7-8-16(15)17/h1-10H. The molecule has 4 rings (SSSR count). The van der Waals surface area contributed by atoms with Crippen molar-refractivity contribution < 1.29 is 4.79 Å². The Kier molecular flexibility index (Phi) is 1.76. The first-order valence-electron chi connectivity index (χ1n) is 6.01. The molecule has 0 saturated carbocycles. The van der Waals surface area contributed by atoms with Gasteiger partial charge in [-0.25, -0.2) is 0 Å². The van der Waals surface area contributed by atoms with Crippen LogP contribution in [0.25, 0.3) is 27.6 Å². The second-order valence-corrected chi connectivity index (χ2v) is 4.61. The van der Waals surface area contributed by atoms with Gasteiger partial charge in [0.1, 0.15) is 0 Å². The van der Waals surface area contributed by atoms with Crippen molar-refractivity contribution in [2.75, 3.05) is 0 Å². The number of hydrogen-bond acceptors (Lipinski definition) is 1. The van der Waals surface area contributed by atoms with Crippen LogP contribution in [0.2, 0.25) is 0 Å². The van der Waals surface area contributed by atoms with Gasteiger partial charge in [0.15, 0.2) is 5.78 Å². The number of carbonyl (C=O) groups excluding carboxylic acids is 1. The lowest BCUT2D eigenvalue weighted by Gasteiger charge is -2.07. The fourth-order valence-electron chi connectivity index (χ4n) is 2.75. The molecule has 0 atom stereocenters. The summed E-state index contributed by atoms with van der Waals surface area (Å²) in [6, 6.07) is 16.6. The predicted molar refractivity (Wildman–Crippen MR) is 74.8 cm³/mol. The minimum Gasteiger partial charge on any atom is -0.289 e. The Balaban J connectivity index is 2.24. The molecule has 0 aliphatic heterocycles. The summed E-state index contributed by atoms with van der Waals surface area (Å²) in [7, 11) is 0. The number of allylic oxidation sites excluding steroid dienone is 1. The SMILES string of the molecule is O=C1C=Cc2c1ccc1c2ccc2ccccc21. The Morgan fingerprint density at radius 1 is 0.667 bits per heavy atom. The quantitative estimate of drug-likeness (QED) is 0.529. The zero-order chi connectivity index (χ0) is 12.1. The lowest BCUT2D eigenvalue weighted by Crippen LogP contribution is -1.92. The van der Waals surface area contributed by atoms with Gasteiger partial charge in [-0.1, -0.05) is 42.5 Å². The molecule has 0 spiro atoms. The molecule has 1 nitrogen and oxygen atoms in total. The van der Waals surface area contributed by atoms with Crippen LogP contribution in [0.1, 0.15) is 15.9 Å². The summed E-state index contributed by atoms with van der Waals surface area (Å²) >= 11 is 0. The van der Waals surface area contributed by atoms with Crippen LogP contribution in [0, 0.1) is 0 Å². The summed E-state index contributed by atoms with van der Waals surface area (Å²) in [5.41, 5.74) is 1.88. The number of benzene rings is 3. The van der Waals surface area contributed by atoms with Gasteiger partial charge in [-0.3, -0.25) is 4.79 Å². The van der Waals surface area contributed by atoms with Gasteiger partial charge in [0, 0.05) is 5.56 Å². The normalized spacial score (nSPS) is 13.4. The second kappa shape index (κ2) is 3.30. The maximum atomic E-state index is 11.7. The van der Waals surface area contributed by atoms with Gasteiger partial charge in [0.2, 0.25) is 0 Å². The Labute approximate surface area is 104 Å². The molecule has 1 aliphatic carbocycles. The molecule has 0 amide bonds. The van der Waals surface area contributed by atoms with Gasteiger partial charge in [0.05, 0.1) is 0 Å². The first-order chi connectivity index (χ1) is 8.84. The van der Waals surface area contributed by atoms with E-state index in [1.807, 2.05) is 18.2 Å². The van der Waals surface area contributed by atoms with Gasteiger partial charge in [-0.15, -0.1) is 0 Å². The molecule has 84 valence electrons. The van der Waals surface area contributed by atoms with Crippen molar-refractivity contribution >= 4 is 33.4 Å². The van der Waals surface area contributed by atoms with E-state index in [1.54, 1.807) is 6.08 Å². The summed E-state index contributed by atoms with van der Waals surface area (Å²) in [5, 5.41) is 4.85. The fraction of sp³-hybridized carbons (Fsp3) is 0. The third-order valence-electron chi connectivity index (χ3n) is 3.63. The molecule has 0 N–H and O–H groups in total. The van der Waals surface area contributed by atoms with Crippen LogP contribution in [0.5, 0.6) is 0 Å². The van der Waals surface area contributed by atoms with Gasteiger partial charge >= 0.3 is 0 Å². The average Bonchev–Trinajstić information content (AvgIpc) is 2.80. The molecule has 1 aliphatic rings. The van der Waals surface area contributed by atoms with Crippen molar-refractivity contribution in [1.82, 2.24) is 0 Å². The molecule has 0 heterocycles. The van der Waals surface area contributed by atoms with Crippen LogP contribution in [0.3, 0.4) is 0 Å². The molecule has 18 heavy (non-hydrogen) atoms. The highest BCUT2D eigenvalue weighted by molar-refractivity contribution is 6.20. The number of carbonyl (C=O) groups is 1. The highest BCUT2D eigenvalue weighted by atomic mass is 16.1. The lowest BCUT2D eigenvalue weighted by molar-refractivity contribution is 0.105. The smallest absolute Gasteiger partial charge is 0.186 e. The second-order valence-electron chi connectivity index (χ2n) is 4.61. The van der Waals surface area contributed by atoms with Gasteiger partial charge < -0.3 is 0 Å². The van der Waals surface area contributed by atoms with E-state index in [0.29, 0.717) is 0 Å². The first kappa shape index (κ1) is 9.60. The fourth-order valence-corrected chi connectivity index (χ4v) is 2.75. The van der Waals surface area contributed by atoms with Crippen molar-refractivity contribution in [3.63, 3.8) is 0 Å². The monoisotopic (exact) mass is 230 g/mol. The molecular formula is C17H10O. The lowest BCUT2D eigenvalue weighted by atomic mass is 9.96. The molecule has 0 fully saturated rings. The van der Waals surface area contributed by atoms with Gasteiger partial charge in [-0.2, -0.15) is 0 Å². The van der Waals surface area contributed by atoms with E-state index in [0.717, 1.165) is 16.5 Å². The molecule has 0 saturated heterocycles. The summed E-state index contributed by atoms with van der Waals surface area (Å²) in [5.74, 6) is 0.111. The van der Waals surface area contributed by atoms with E-state index in [4.69, 9.17) is 0 Å². The maximum Gasteiger partial charge on any atom is 0.186 e. The topological polar surface area (TPSA) is 17.1 Å². The average molecular weight is 230 g/mol. The Bertz CT molecular complexity index is 841. The van der Waals surface area contributed by atoms with Crippen molar-refractivity contribution in [2.24, 2.45) is 0 Å². The highest BCUT2D eigenvalue weighted by Gasteiger charge is 2.16. The van der Waals surface area contributed by atoms with Crippen molar-refractivity contribution in [1.29, 1.82) is 0 Å². The van der Waals surface area contributed by atoms with Crippen LogP contribution in [0.15, 0.2) is 54.6 Å². The van der Waals surface area contributed by atoms with Gasteiger partial charge in [-0.05, 0) is 45.3 Å². The van der Waals surface area contributed by atoms with E-state index in [1.165, 1.54) is 16.2 Å². The van der Waals surface area contributed by atoms with Crippen LogP contribution in [0.4, 0.5) is 0 Å². The molecule has 1 heteroatoms. The van der Waals surface area contributed by atoms with Crippen LogP contribution < -0.4 is 0 Å². The minimum atomic E-state index is 0.111. The summed E-state index contributed by atoms with van der Waals surface area (Å²) in [6.07, 6.45) is 3.58. The first-order valence-corrected chi connectivity index (χ1v) is 6.01. The number of fused-ring (bicyclic) bond motifs is 5. The summed E-state index contributed by atoms with van der Waals surface area (Å²) < 4.78 is 0. The largest absolute Gasteiger partial charge is 0.289 e. The zero-order valence-electron chi connectivity index (χ0n) is 9.68. The van der Waals surface area contributed by atoms with Crippen molar-refractivity contribution in [3.8, 4) is 0 Å². The summed E-state index contributed by atoms with van der Waals surface area (Å²) in [6.45, 7) is 0.